The van der Waals surface area contributed by atoms with Gasteiger partial charge in [-0.25, -0.2) is 0 Å². The van der Waals surface area contributed by atoms with Crippen molar-refractivity contribution in [3.8, 4) is 0 Å². The predicted molar refractivity (Wildman–Crippen MR) is 86.1 cm³/mol. The zero-order valence-electron chi connectivity index (χ0n) is 13.2. The summed E-state index contributed by atoms with van der Waals surface area (Å²) in [6, 6.07) is 4.49. The lowest BCUT2D eigenvalue weighted by atomic mass is 9.90. The highest BCUT2D eigenvalue weighted by Gasteiger charge is 2.16. The van der Waals surface area contributed by atoms with Gasteiger partial charge in [-0.2, -0.15) is 0 Å². The van der Waals surface area contributed by atoms with Crippen LogP contribution in [0.4, 0.5) is 0 Å². The number of aryl methyl sites for hydroxylation is 3. The molecule has 1 nitrogen and oxygen atoms in total. The number of hydrogen-bond acceptors (Lipinski definition) is 1. The second-order valence-corrected chi connectivity index (χ2v) is 7.49. The molecule has 2 heteroatoms. The molecule has 0 amide bonds. The summed E-state index contributed by atoms with van der Waals surface area (Å²) >= 11 is 6.37. The van der Waals surface area contributed by atoms with Gasteiger partial charge in [0.1, 0.15) is 0 Å². The van der Waals surface area contributed by atoms with Crippen molar-refractivity contribution in [2.24, 2.45) is 5.41 Å². The minimum absolute atomic E-state index is 0.200. The molecule has 19 heavy (non-hydrogen) atoms. The number of benzene rings is 1. The van der Waals surface area contributed by atoms with E-state index in [0.717, 1.165) is 19.5 Å². The quantitative estimate of drug-likeness (QED) is 0.769. The van der Waals surface area contributed by atoms with E-state index in [1.165, 1.54) is 22.3 Å². The molecule has 0 aliphatic carbocycles. The molecular weight excluding hydrogens is 254 g/mol. The lowest BCUT2D eigenvalue weighted by Gasteiger charge is -2.22. The van der Waals surface area contributed by atoms with E-state index in [1.807, 2.05) is 0 Å². The fourth-order valence-electron chi connectivity index (χ4n) is 2.58. The third-order valence-corrected chi connectivity index (χ3v) is 3.65. The van der Waals surface area contributed by atoms with Gasteiger partial charge < -0.3 is 5.32 Å². The average molecular weight is 282 g/mol. The normalized spacial score (nSPS) is 13.6. The van der Waals surface area contributed by atoms with Gasteiger partial charge in [0.25, 0.3) is 0 Å². The van der Waals surface area contributed by atoms with Crippen LogP contribution in [0, 0.1) is 26.2 Å². The maximum atomic E-state index is 6.37. The van der Waals surface area contributed by atoms with Crippen molar-refractivity contribution in [1.82, 2.24) is 5.32 Å². The Labute approximate surface area is 123 Å². The summed E-state index contributed by atoms with van der Waals surface area (Å²) in [5.41, 5.74) is 5.77. The largest absolute Gasteiger partial charge is 0.311 e. The molecule has 0 aromatic heterocycles. The fourth-order valence-corrected chi connectivity index (χ4v) is 3.15. The highest BCUT2D eigenvalue weighted by molar-refractivity contribution is 6.20. The molecule has 0 radical (unpaired) electrons. The highest BCUT2D eigenvalue weighted by atomic mass is 35.5. The van der Waals surface area contributed by atoms with Crippen LogP contribution in [0.25, 0.3) is 0 Å². The summed E-state index contributed by atoms with van der Waals surface area (Å²) in [4.78, 5) is 0. The van der Waals surface area contributed by atoms with Gasteiger partial charge in [-0.15, -0.1) is 11.6 Å². The number of halogens is 1. The Kier molecular flexibility index (Phi) is 5.88. The van der Waals surface area contributed by atoms with Crippen LogP contribution in [-0.4, -0.2) is 11.9 Å². The van der Waals surface area contributed by atoms with Gasteiger partial charge in [0.2, 0.25) is 0 Å². The molecule has 0 heterocycles. The van der Waals surface area contributed by atoms with Crippen molar-refractivity contribution in [2.45, 2.75) is 59.9 Å². The summed E-state index contributed by atoms with van der Waals surface area (Å²) < 4.78 is 0. The predicted octanol–water partition coefficient (Wildman–Crippen LogP) is 4.75. The van der Waals surface area contributed by atoms with Crippen LogP contribution in [-0.2, 0) is 6.54 Å². The zero-order valence-corrected chi connectivity index (χ0v) is 14.0. The van der Waals surface area contributed by atoms with Crippen LogP contribution < -0.4 is 5.32 Å². The molecule has 1 atom stereocenters. The van der Waals surface area contributed by atoms with Gasteiger partial charge in [0.15, 0.2) is 0 Å². The summed E-state index contributed by atoms with van der Waals surface area (Å²) in [6.45, 7) is 15.0. The number of rotatable bonds is 5. The third kappa shape index (κ3) is 5.97. The smallest absolute Gasteiger partial charge is 0.0465 e. The van der Waals surface area contributed by atoms with Crippen molar-refractivity contribution in [3.63, 3.8) is 0 Å². The molecule has 0 bridgehead atoms. The minimum Gasteiger partial charge on any atom is -0.311 e. The van der Waals surface area contributed by atoms with Crippen LogP contribution in [0.15, 0.2) is 12.1 Å². The van der Waals surface area contributed by atoms with Gasteiger partial charge in [0, 0.05) is 18.5 Å². The van der Waals surface area contributed by atoms with Gasteiger partial charge in [-0.3, -0.25) is 0 Å². The van der Waals surface area contributed by atoms with Gasteiger partial charge in [0.05, 0.1) is 0 Å². The van der Waals surface area contributed by atoms with Crippen LogP contribution in [0.2, 0.25) is 0 Å². The molecule has 0 saturated heterocycles. The van der Waals surface area contributed by atoms with E-state index >= 15 is 0 Å². The molecule has 0 aliphatic heterocycles. The Morgan fingerprint density at radius 2 is 1.63 bits per heavy atom. The molecule has 0 spiro atoms. The van der Waals surface area contributed by atoms with Crippen LogP contribution >= 0.6 is 11.6 Å². The van der Waals surface area contributed by atoms with E-state index in [9.17, 15) is 0 Å². The summed E-state index contributed by atoms with van der Waals surface area (Å²) in [6.07, 6.45) is 1.04. The minimum atomic E-state index is 0.200. The van der Waals surface area contributed by atoms with Crippen LogP contribution in [0.1, 0.15) is 49.4 Å². The SMILES string of the molecule is Cc1cc(C)c(CNCC(Cl)CC(C)(C)C)c(C)c1. The Bertz CT molecular complexity index is 395. The molecule has 1 rings (SSSR count). The van der Waals surface area contributed by atoms with E-state index in [2.05, 4.69) is 59.0 Å². The van der Waals surface area contributed by atoms with Crippen molar-refractivity contribution >= 4 is 11.6 Å². The molecule has 1 unspecified atom stereocenters. The average Bonchev–Trinajstić information content (AvgIpc) is 2.19. The zero-order chi connectivity index (χ0) is 14.6. The second-order valence-electron chi connectivity index (χ2n) is 6.87. The number of hydrogen-bond donors (Lipinski definition) is 1. The lowest BCUT2D eigenvalue weighted by Crippen LogP contribution is -2.26. The van der Waals surface area contributed by atoms with Crippen molar-refractivity contribution in [2.75, 3.05) is 6.54 Å². The third-order valence-electron chi connectivity index (χ3n) is 3.34. The maximum absolute atomic E-state index is 6.37. The molecular formula is C17H28ClN. The van der Waals surface area contributed by atoms with E-state index in [4.69, 9.17) is 11.6 Å². The first-order chi connectivity index (χ1) is 8.69. The standard InChI is InChI=1S/C17H28ClN/c1-12-7-13(2)16(14(3)8-12)11-19-10-15(18)9-17(4,5)6/h7-8,15,19H,9-11H2,1-6H3. The molecule has 1 aromatic rings. The number of nitrogens with one attached hydrogen (secondary N) is 1. The first-order valence-corrected chi connectivity index (χ1v) is 7.54. The summed E-state index contributed by atoms with van der Waals surface area (Å²) in [7, 11) is 0. The first kappa shape index (κ1) is 16.5. The van der Waals surface area contributed by atoms with Crippen LogP contribution in [0.3, 0.4) is 0 Å². The van der Waals surface area contributed by atoms with Crippen molar-refractivity contribution in [1.29, 1.82) is 0 Å². The van der Waals surface area contributed by atoms with Gasteiger partial charge in [-0.1, -0.05) is 38.5 Å². The Morgan fingerprint density at radius 3 is 2.11 bits per heavy atom. The lowest BCUT2D eigenvalue weighted by molar-refractivity contribution is 0.364. The Hall–Kier alpha value is -0.530. The molecule has 1 aromatic carbocycles. The number of alkyl halides is 1. The highest BCUT2D eigenvalue weighted by Crippen LogP contribution is 2.23. The Morgan fingerprint density at radius 1 is 1.11 bits per heavy atom. The van der Waals surface area contributed by atoms with Crippen molar-refractivity contribution < 1.29 is 0 Å². The van der Waals surface area contributed by atoms with E-state index in [0.29, 0.717) is 5.41 Å². The van der Waals surface area contributed by atoms with Gasteiger partial charge >= 0.3 is 0 Å². The van der Waals surface area contributed by atoms with E-state index < -0.39 is 0 Å². The Balaban J connectivity index is 2.50. The second kappa shape index (κ2) is 6.76. The maximum Gasteiger partial charge on any atom is 0.0465 e. The van der Waals surface area contributed by atoms with Crippen LogP contribution in [0.5, 0.6) is 0 Å². The summed E-state index contributed by atoms with van der Waals surface area (Å²) in [5, 5.41) is 3.69. The molecule has 1 N–H and O–H groups in total. The van der Waals surface area contributed by atoms with Gasteiger partial charge in [-0.05, 0) is 49.3 Å². The molecule has 0 aliphatic rings. The van der Waals surface area contributed by atoms with E-state index in [-0.39, 0.29) is 5.38 Å². The summed E-state index contributed by atoms with van der Waals surface area (Å²) in [5.74, 6) is 0. The molecule has 108 valence electrons. The van der Waals surface area contributed by atoms with Crippen molar-refractivity contribution in [3.05, 3.63) is 34.4 Å². The first-order valence-electron chi connectivity index (χ1n) is 7.10. The molecule has 0 saturated carbocycles. The van der Waals surface area contributed by atoms with E-state index in [1.54, 1.807) is 0 Å². The monoisotopic (exact) mass is 281 g/mol. The molecule has 0 fully saturated rings. The fraction of sp³-hybridized carbons (Fsp3) is 0.647. The topological polar surface area (TPSA) is 12.0 Å².